The Labute approximate surface area is 155 Å². The predicted molar refractivity (Wildman–Crippen MR) is 101 cm³/mol. The van der Waals surface area contributed by atoms with Crippen molar-refractivity contribution in [1.82, 2.24) is 9.97 Å². The predicted octanol–water partition coefficient (Wildman–Crippen LogP) is 4.30. The molecular formula is C21H19F2N3O. The molecule has 0 aliphatic carbocycles. The van der Waals surface area contributed by atoms with E-state index in [1.165, 1.54) is 18.5 Å². The van der Waals surface area contributed by atoms with Gasteiger partial charge in [-0.2, -0.15) is 0 Å². The molecule has 1 aromatic heterocycles. The fourth-order valence-electron chi connectivity index (χ4n) is 3.68. The lowest BCUT2D eigenvalue weighted by atomic mass is 9.96. The number of hydrogen-bond donors (Lipinski definition) is 0. The summed E-state index contributed by atoms with van der Waals surface area (Å²) in [7, 11) is 0. The minimum absolute atomic E-state index is 0.0717. The average molecular weight is 367 g/mol. The minimum Gasteiger partial charge on any atom is -0.355 e. The molecule has 6 heteroatoms. The molecule has 4 nitrogen and oxygen atoms in total. The van der Waals surface area contributed by atoms with Gasteiger partial charge < -0.3 is 9.69 Å². The van der Waals surface area contributed by atoms with E-state index < -0.39 is 5.82 Å². The average Bonchev–Trinajstić information content (AvgIpc) is 2.70. The summed E-state index contributed by atoms with van der Waals surface area (Å²) in [6, 6.07) is 7.94. The van der Waals surface area contributed by atoms with Gasteiger partial charge in [-0.1, -0.05) is 18.2 Å². The Morgan fingerprint density at radius 1 is 1.15 bits per heavy atom. The summed E-state index contributed by atoms with van der Waals surface area (Å²) in [5.74, 6) is -0.254. The second-order valence-corrected chi connectivity index (χ2v) is 6.96. The van der Waals surface area contributed by atoms with Crippen molar-refractivity contribution in [2.75, 3.05) is 18.0 Å². The minimum atomic E-state index is -0.450. The highest BCUT2D eigenvalue weighted by Crippen LogP contribution is 2.36. The van der Waals surface area contributed by atoms with E-state index in [4.69, 9.17) is 0 Å². The van der Waals surface area contributed by atoms with Crippen molar-refractivity contribution in [3.8, 4) is 11.1 Å². The normalized spacial score (nSPS) is 17.3. The van der Waals surface area contributed by atoms with Crippen molar-refractivity contribution in [3.63, 3.8) is 0 Å². The molecule has 4 rings (SSSR count). The standard InChI is InChI=1S/C21H19F2N3O/c1-13-4-5-15(9-18(13)23)16-6-7-17(22)20-19(16)21(25-12-24-20)26-8-2-3-14(10-26)11-27/h4-7,9,11-12,14H,2-3,8,10H2,1H3. The Morgan fingerprint density at radius 2 is 2.00 bits per heavy atom. The number of piperidine rings is 1. The van der Waals surface area contributed by atoms with Gasteiger partial charge in [-0.3, -0.25) is 0 Å². The number of benzene rings is 2. The Hall–Kier alpha value is -2.89. The first-order valence-electron chi connectivity index (χ1n) is 8.98. The van der Waals surface area contributed by atoms with Crippen LogP contribution in [0.3, 0.4) is 0 Å². The first-order chi connectivity index (χ1) is 13.1. The smallest absolute Gasteiger partial charge is 0.149 e. The van der Waals surface area contributed by atoms with Crippen LogP contribution in [0.1, 0.15) is 18.4 Å². The van der Waals surface area contributed by atoms with Crippen molar-refractivity contribution in [2.24, 2.45) is 5.92 Å². The number of rotatable bonds is 3. The number of hydrogen-bond acceptors (Lipinski definition) is 4. The van der Waals surface area contributed by atoms with Gasteiger partial charge in [-0.05, 0) is 48.6 Å². The van der Waals surface area contributed by atoms with Crippen molar-refractivity contribution in [2.45, 2.75) is 19.8 Å². The van der Waals surface area contributed by atoms with Crippen LogP contribution in [-0.2, 0) is 4.79 Å². The number of halogens is 2. The van der Waals surface area contributed by atoms with E-state index in [9.17, 15) is 13.6 Å². The fourth-order valence-corrected chi connectivity index (χ4v) is 3.68. The number of fused-ring (bicyclic) bond motifs is 1. The lowest BCUT2D eigenvalue weighted by molar-refractivity contribution is -0.111. The summed E-state index contributed by atoms with van der Waals surface area (Å²) in [5, 5.41) is 0.548. The van der Waals surface area contributed by atoms with Gasteiger partial charge in [0.2, 0.25) is 0 Å². The highest BCUT2D eigenvalue weighted by atomic mass is 19.1. The summed E-state index contributed by atoms with van der Waals surface area (Å²) in [6.45, 7) is 2.96. The number of carbonyl (C=O) groups is 1. The highest BCUT2D eigenvalue weighted by Gasteiger charge is 2.24. The maximum atomic E-state index is 14.5. The Kier molecular flexibility index (Phi) is 4.56. The fraction of sp³-hybridized carbons (Fsp3) is 0.286. The van der Waals surface area contributed by atoms with Crippen LogP contribution in [0.15, 0.2) is 36.7 Å². The maximum absolute atomic E-state index is 14.5. The first kappa shape index (κ1) is 17.5. The number of aldehydes is 1. The third kappa shape index (κ3) is 3.16. The molecule has 2 aromatic carbocycles. The summed E-state index contributed by atoms with van der Waals surface area (Å²) in [5.41, 5.74) is 2.07. The lowest BCUT2D eigenvalue weighted by Crippen LogP contribution is -2.36. The van der Waals surface area contributed by atoms with Gasteiger partial charge in [0.15, 0.2) is 0 Å². The van der Waals surface area contributed by atoms with Crippen LogP contribution in [0, 0.1) is 24.5 Å². The molecule has 1 atom stereocenters. The molecule has 0 spiro atoms. The van der Waals surface area contributed by atoms with Gasteiger partial charge in [0.1, 0.15) is 35.6 Å². The summed E-state index contributed by atoms with van der Waals surface area (Å²) in [6.07, 6.45) is 4.00. The molecular weight excluding hydrogens is 348 g/mol. The van der Waals surface area contributed by atoms with Crippen molar-refractivity contribution in [3.05, 3.63) is 53.9 Å². The van der Waals surface area contributed by atoms with E-state index in [2.05, 4.69) is 9.97 Å². The number of aromatic nitrogens is 2. The molecule has 1 fully saturated rings. The zero-order chi connectivity index (χ0) is 19.0. The van der Waals surface area contributed by atoms with E-state index >= 15 is 0 Å². The molecule has 27 heavy (non-hydrogen) atoms. The van der Waals surface area contributed by atoms with Crippen LogP contribution in [0.25, 0.3) is 22.0 Å². The van der Waals surface area contributed by atoms with Gasteiger partial charge in [-0.15, -0.1) is 0 Å². The largest absolute Gasteiger partial charge is 0.355 e. The molecule has 1 unspecified atom stereocenters. The molecule has 1 aliphatic heterocycles. The monoisotopic (exact) mass is 367 g/mol. The summed E-state index contributed by atoms with van der Waals surface area (Å²) in [4.78, 5) is 21.8. The zero-order valence-corrected chi connectivity index (χ0v) is 15.0. The molecule has 1 saturated heterocycles. The number of nitrogens with zero attached hydrogens (tertiary/aromatic N) is 3. The molecule has 138 valence electrons. The van der Waals surface area contributed by atoms with Crippen LogP contribution in [-0.4, -0.2) is 29.3 Å². The van der Waals surface area contributed by atoms with Crippen LogP contribution < -0.4 is 4.90 Å². The third-order valence-corrected chi connectivity index (χ3v) is 5.15. The zero-order valence-electron chi connectivity index (χ0n) is 15.0. The topological polar surface area (TPSA) is 46.1 Å². The molecule has 0 amide bonds. The van der Waals surface area contributed by atoms with Crippen LogP contribution in [0.4, 0.5) is 14.6 Å². The van der Waals surface area contributed by atoms with Gasteiger partial charge in [0.25, 0.3) is 0 Å². The third-order valence-electron chi connectivity index (χ3n) is 5.15. The van der Waals surface area contributed by atoms with Gasteiger partial charge in [0, 0.05) is 19.0 Å². The quantitative estimate of drug-likeness (QED) is 0.648. The van der Waals surface area contributed by atoms with E-state index in [-0.39, 0.29) is 17.3 Å². The first-order valence-corrected chi connectivity index (χ1v) is 8.98. The second-order valence-electron chi connectivity index (χ2n) is 6.96. The Morgan fingerprint density at radius 3 is 2.78 bits per heavy atom. The molecule has 0 bridgehead atoms. The highest BCUT2D eigenvalue weighted by molar-refractivity contribution is 6.02. The van der Waals surface area contributed by atoms with Crippen LogP contribution >= 0.6 is 0 Å². The molecule has 0 radical (unpaired) electrons. The number of anilines is 1. The molecule has 2 heterocycles. The van der Waals surface area contributed by atoms with E-state index in [0.29, 0.717) is 34.4 Å². The van der Waals surface area contributed by atoms with E-state index in [1.54, 1.807) is 19.1 Å². The summed E-state index contributed by atoms with van der Waals surface area (Å²) >= 11 is 0. The maximum Gasteiger partial charge on any atom is 0.149 e. The van der Waals surface area contributed by atoms with Crippen LogP contribution in [0.2, 0.25) is 0 Å². The molecule has 0 saturated carbocycles. The Bertz CT molecular complexity index is 1020. The molecule has 3 aromatic rings. The van der Waals surface area contributed by atoms with Crippen molar-refractivity contribution < 1.29 is 13.6 Å². The van der Waals surface area contributed by atoms with Gasteiger partial charge >= 0.3 is 0 Å². The molecule has 1 aliphatic rings. The van der Waals surface area contributed by atoms with Crippen LogP contribution in [0.5, 0.6) is 0 Å². The van der Waals surface area contributed by atoms with Gasteiger partial charge in [-0.25, -0.2) is 18.7 Å². The second kappa shape index (κ2) is 7.02. The molecule has 0 N–H and O–H groups in total. The van der Waals surface area contributed by atoms with Gasteiger partial charge in [0.05, 0.1) is 5.39 Å². The van der Waals surface area contributed by atoms with Crippen molar-refractivity contribution >= 4 is 23.0 Å². The summed E-state index contributed by atoms with van der Waals surface area (Å²) < 4.78 is 28.6. The van der Waals surface area contributed by atoms with E-state index in [1.807, 2.05) is 11.0 Å². The Balaban J connectivity index is 1.93. The lowest BCUT2D eigenvalue weighted by Gasteiger charge is -2.32. The van der Waals surface area contributed by atoms with E-state index in [0.717, 1.165) is 25.7 Å². The SMILES string of the molecule is Cc1ccc(-c2ccc(F)c3ncnc(N4CCCC(C=O)C4)c23)cc1F. The number of aryl methyl sites for hydroxylation is 1. The number of carbonyl (C=O) groups excluding carboxylic acids is 1. The van der Waals surface area contributed by atoms with Crippen molar-refractivity contribution in [1.29, 1.82) is 0 Å².